The van der Waals surface area contributed by atoms with E-state index in [2.05, 4.69) is 6.58 Å². The van der Waals surface area contributed by atoms with Crippen LogP contribution in [0, 0.1) is 5.92 Å². The lowest BCUT2D eigenvalue weighted by atomic mass is 9.80. The van der Waals surface area contributed by atoms with E-state index in [1.54, 1.807) is 26.0 Å². The van der Waals surface area contributed by atoms with Crippen molar-refractivity contribution in [3.05, 3.63) is 35.5 Å². The molecule has 0 aromatic heterocycles. The number of carbonyl (C=O) groups excluding carboxylic acids is 3. The quantitative estimate of drug-likeness (QED) is 0.461. The molecule has 1 saturated heterocycles. The van der Waals surface area contributed by atoms with Gasteiger partial charge < -0.3 is 14.6 Å². The standard InChI is InChI=1S/C20H26O6/c1-6-12(3)18(22)26-15-10-20(5,24)16(21)8-7-11(2)9-14-17(15)13(4)19(23)25-14/h6,9,14-15,17,24H,4,7-8,10H2,1-3,5H3/b11-9+,12-6-/t14-,15-,17+,20-/m1/s1. The summed E-state index contributed by atoms with van der Waals surface area (Å²) in [5.74, 6) is -2.10. The highest BCUT2D eigenvalue weighted by Crippen LogP contribution is 2.37. The van der Waals surface area contributed by atoms with Gasteiger partial charge in [-0.2, -0.15) is 0 Å². The molecule has 0 spiro atoms. The Kier molecular flexibility index (Phi) is 5.86. The van der Waals surface area contributed by atoms with Crippen LogP contribution in [0.25, 0.3) is 0 Å². The van der Waals surface area contributed by atoms with Gasteiger partial charge in [0.1, 0.15) is 17.8 Å². The van der Waals surface area contributed by atoms with Gasteiger partial charge in [-0.1, -0.05) is 18.2 Å². The van der Waals surface area contributed by atoms with Crippen LogP contribution >= 0.6 is 0 Å². The summed E-state index contributed by atoms with van der Waals surface area (Å²) in [6.07, 6.45) is 2.33. The second-order valence-corrected chi connectivity index (χ2v) is 7.25. The van der Waals surface area contributed by atoms with Gasteiger partial charge in [0.2, 0.25) is 0 Å². The molecule has 142 valence electrons. The average Bonchev–Trinajstić information content (AvgIpc) is 2.84. The molecule has 0 aromatic carbocycles. The summed E-state index contributed by atoms with van der Waals surface area (Å²) in [7, 11) is 0. The maximum Gasteiger partial charge on any atom is 0.334 e. The van der Waals surface area contributed by atoms with Crippen molar-refractivity contribution in [2.45, 2.75) is 64.8 Å². The fourth-order valence-electron chi connectivity index (χ4n) is 3.22. The number of ether oxygens (including phenoxy) is 2. The maximum absolute atomic E-state index is 12.4. The molecular weight excluding hydrogens is 336 g/mol. The Balaban J connectivity index is 2.47. The van der Waals surface area contributed by atoms with Crippen molar-refractivity contribution < 1.29 is 29.0 Å². The van der Waals surface area contributed by atoms with Gasteiger partial charge in [-0.05, 0) is 40.2 Å². The molecule has 1 aliphatic heterocycles. The minimum absolute atomic E-state index is 0.127. The first-order valence-corrected chi connectivity index (χ1v) is 8.73. The number of rotatable bonds is 2. The van der Waals surface area contributed by atoms with Gasteiger partial charge in [0.15, 0.2) is 5.78 Å². The third-order valence-electron chi connectivity index (χ3n) is 5.07. The van der Waals surface area contributed by atoms with E-state index in [0.29, 0.717) is 12.0 Å². The number of allylic oxidation sites excluding steroid dienone is 2. The SMILES string of the molecule is C=C1C(=O)O[C@@H]2/C=C(\C)CCC(=O)[C@](C)(O)C[C@@H](OC(=O)/C(C)=C\C)[C@@H]12. The summed E-state index contributed by atoms with van der Waals surface area (Å²) in [6, 6.07) is 0. The molecule has 1 aliphatic carbocycles. The lowest BCUT2D eigenvalue weighted by Gasteiger charge is -2.32. The summed E-state index contributed by atoms with van der Waals surface area (Å²) < 4.78 is 11.0. The van der Waals surface area contributed by atoms with Crippen LogP contribution in [0.5, 0.6) is 0 Å². The zero-order valence-corrected chi connectivity index (χ0v) is 15.7. The van der Waals surface area contributed by atoms with Gasteiger partial charge in [-0.3, -0.25) is 4.79 Å². The van der Waals surface area contributed by atoms with Gasteiger partial charge in [-0.15, -0.1) is 0 Å². The Bertz CT molecular complexity index is 697. The summed E-state index contributed by atoms with van der Waals surface area (Å²) in [6.45, 7) is 10.3. The van der Waals surface area contributed by atoms with E-state index in [9.17, 15) is 19.5 Å². The van der Waals surface area contributed by atoms with Gasteiger partial charge in [0, 0.05) is 24.0 Å². The van der Waals surface area contributed by atoms with Crippen molar-refractivity contribution in [2.24, 2.45) is 5.92 Å². The highest BCUT2D eigenvalue weighted by molar-refractivity contribution is 5.92. The van der Waals surface area contributed by atoms with Crippen molar-refractivity contribution in [3.63, 3.8) is 0 Å². The van der Waals surface area contributed by atoms with Gasteiger partial charge in [0.25, 0.3) is 0 Å². The fourth-order valence-corrected chi connectivity index (χ4v) is 3.22. The molecule has 0 radical (unpaired) electrons. The minimum Gasteiger partial charge on any atom is -0.458 e. The van der Waals surface area contributed by atoms with Crippen molar-refractivity contribution in [1.29, 1.82) is 0 Å². The monoisotopic (exact) mass is 362 g/mol. The number of aliphatic hydroxyl groups is 1. The normalized spacial score (nSPS) is 35.3. The Labute approximate surface area is 153 Å². The smallest absolute Gasteiger partial charge is 0.334 e. The Hall–Kier alpha value is -2.21. The second-order valence-electron chi connectivity index (χ2n) is 7.25. The van der Waals surface area contributed by atoms with Crippen molar-refractivity contribution in [2.75, 3.05) is 0 Å². The predicted molar refractivity (Wildman–Crippen MR) is 95.1 cm³/mol. The number of fused-ring (bicyclic) bond motifs is 1. The van der Waals surface area contributed by atoms with Crippen molar-refractivity contribution in [3.8, 4) is 0 Å². The van der Waals surface area contributed by atoms with Crippen LogP contribution in [-0.2, 0) is 23.9 Å². The molecule has 1 fully saturated rings. The van der Waals surface area contributed by atoms with Gasteiger partial charge in [-0.25, -0.2) is 9.59 Å². The van der Waals surface area contributed by atoms with Crippen LogP contribution in [0.15, 0.2) is 35.5 Å². The van der Waals surface area contributed by atoms with E-state index < -0.39 is 35.7 Å². The number of ketones is 1. The zero-order chi connectivity index (χ0) is 19.6. The summed E-state index contributed by atoms with van der Waals surface area (Å²) >= 11 is 0. The van der Waals surface area contributed by atoms with E-state index in [4.69, 9.17) is 9.47 Å². The lowest BCUT2D eigenvalue weighted by Crippen LogP contribution is -2.44. The first kappa shape index (κ1) is 20.1. The summed E-state index contributed by atoms with van der Waals surface area (Å²) in [5.41, 5.74) is -0.239. The third-order valence-corrected chi connectivity index (χ3v) is 5.07. The van der Waals surface area contributed by atoms with Crippen LogP contribution in [0.2, 0.25) is 0 Å². The molecule has 0 amide bonds. The minimum atomic E-state index is -1.68. The molecule has 0 saturated carbocycles. The predicted octanol–water partition coefficient (Wildman–Crippen LogP) is 2.41. The highest BCUT2D eigenvalue weighted by atomic mass is 16.6. The molecule has 2 aliphatic rings. The average molecular weight is 362 g/mol. The highest BCUT2D eigenvalue weighted by Gasteiger charge is 2.48. The van der Waals surface area contributed by atoms with E-state index in [0.717, 1.165) is 5.57 Å². The first-order valence-electron chi connectivity index (χ1n) is 8.73. The molecule has 0 bridgehead atoms. The Morgan fingerprint density at radius 2 is 2.08 bits per heavy atom. The van der Waals surface area contributed by atoms with E-state index in [1.807, 2.05) is 6.92 Å². The number of Topliss-reactive ketones (excluding diaryl/α,β-unsaturated/α-hetero) is 1. The summed E-state index contributed by atoms with van der Waals surface area (Å²) in [4.78, 5) is 36.8. The van der Waals surface area contributed by atoms with Crippen LogP contribution in [0.1, 0.15) is 47.0 Å². The zero-order valence-electron chi connectivity index (χ0n) is 15.7. The first-order chi connectivity index (χ1) is 12.1. The molecule has 6 nitrogen and oxygen atoms in total. The number of esters is 2. The molecule has 1 heterocycles. The van der Waals surface area contributed by atoms with Crippen LogP contribution < -0.4 is 0 Å². The van der Waals surface area contributed by atoms with Gasteiger partial charge in [0.05, 0.1) is 5.92 Å². The maximum atomic E-state index is 12.4. The fraction of sp³-hybridized carbons (Fsp3) is 0.550. The second kappa shape index (κ2) is 7.58. The van der Waals surface area contributed by atoms with E-state index in [-0.39, 0.29) is 24.2 Å². The topological polar surface area (TPSA) is 89.9 Å². The summed E-state index contributed by atoms with van der Waals surface area (Å²) in [5, 5.41) is 10.7. The Morgan fingerprint density at radius 1 is 1.42 bits per heavy atom. The lowest BCUT2D eigenvalue weighted by molar-refractivity contribution is -0.155. The molecule has 4 atom stereocenters. The molecule has 1 N–H and O–H groups in total. The van der Waals surface area contributed by atoms with Crippen LogP contribution in [-0.4, -0.2) is 40.6 Å². The van der Waals surface area contributed by atoms with Crippen LogP contribution in [0.3, 0.4) is 0 Å². The van der Waals surface area contributed by atoms with Gasteiger partial charge >= 0.3 is 11.9 Å². The molecule has 2 rings (SSSR count). The number of hydrogen-bond acceptors (Lipinski definition) is 6. The largest absolute Gasteiger partial charge is 0.458 e. The Morgan fingerprint density at radius 3 is 2.69 bits per heavy atom. The molecule has 26 heavy (non-hydrogen) atoms. The van der Waals surface area contributed by atoms with E-state index >= 15 is 0 Å². The molecule has 0 unspecified atom stereocenters. The number of carbonyl (C=O) groups is 3. The van der Waals surface area contributed by atoms with Crippen molar-refractivity contribution >= 4 is 17.7 Å². The molecule has 0 aromatic rings. The molecule has 6 heteroatoms. The number of hydrogen-bond donors (Lipinski definition) is 1. The third kappa shape index (κ3) is 4.12. The van der Waals surface area contributed by atoms with Crippen molar-refractivity contribution in [1.82, 2.24) is 0 Å². The molecular formula is C20H26O6. The van der Waals surface area contributed by atoms with Crippen LogP contribution in [0.4, 0.5) is 0 Å². The van der Waals surface area contributed by atoms with E-state index in [1.165, 1.54) is 6.92 Å².